The Balaban J connectivity index is 1.77. The molecule has 0 unspecified atom stereocenters. The van der Waals surface area contributed by atoms with Gasteiger partial charge < -0.3 is 14.5 Å². The molecule has 0 radical (unpaired) electrons. The van der Waals surface area contributed by atoms with Crippen molar-refractivity contribution in [2.24, 2.45) is 7.05 Å². The predicted octanol–water partition coefficient (Wildman–Crippen LogP) is 3.52. The summed E-state index contributed by atoms with van der Waals surface area (Å²) in [7, 11) is 1.75. The van der Waals surface area contributed by atoms with Crippen molar-refractivity contribution in [2.75, 3.05) is 5.32 Å². The molecule has 4 aromatic rings. The molecule has 0 saturated heterocycles. The van der Waals surface area contributed by atoms with Gasteiger partial charge in [-0.25, -0.2) is 4.98 Å². The number of aryl methyl sites for hydroxylation is 1. The van der Waals surface area contributed by atoms with Crippen molar-refractivity contribution >= 4 is 22.3 Å². The van der Waals surface area contributed by atoms with Gasteiger partial charge in [0.25, 0.3) is 5.56 Å². The lowest BCUT2D eigenvalue weighted by molar-refractivity contribution is 0.603. The van der Waals surface area contributed by atoms with E-state index in [2.05, 4.69) is 34.3 Å². The maximum atomic E-state index is 12.6. The number of benzene rings is 1. The number of nitrogens with zero attached hydrogens (tertiary/aromatic N) is 5. The lowest BCUT2D eigenvalue weighted by Gasteiger charge is -2.12. The first-order valence-corrected chi connectivity index (χ1v) is 8.77. The summed E-state index contributed by atoms with van der Waals surface area (Å²) in [5.41, 5.74) is 1.40. The Morgan fingerprint density at radius 1 is 1.07 bits per heavy atom. The van der Waals surface area contributed by atoms with E-state index >= 15 is 0 Å². The molecule has 1 N–H and O–H groups in total. The number of rotatable bonds is 4. The second-order valence-corrected chi connectivity index (χ2v) is 6.69. The van der Waals surface area contributed by atoms with Crippen molar-refractivity contribution in [3.63, 3.8) is 0 Å². The standard InChI is InChI=1S/C20H20N6O/c1-13(2)26-12-21-24-19(26)16-8-5-9-17(23-16)22-15-7-4-6-14-10-11-25(3)20(27)18(14)15/h4-13H,1-3H3,(H,22,23). The second kappa shape index (κ2) is 6.68. The van der Waals surface area contributed by atoms with Crippen LogP contribution in [0.1, 0.15) is 19.9 Å². The van der Waals surface area contributed by atoms with Crippen LogP contribution in [0, 0.1) is 0 Å². The molecule has 0 aliphatic heterocycles. The zero-order chi connectivity index (χ0) is 19.0. The van der Waals surface area contributed by atoms with Crippen LogP contribution in [-0.2, 0) is 7.05 Å². The average Bonchev–Trinajstić information content (AvgIpc) is 3.15. The number of aromatic nitrogens is 5. The highest BCUT2D eigenvalue weighted by Crippen LogP contribution is 2.25. The molecule has 136 valence electrons. The van der Waals surface area contributed by atoms with E-state index in [0.29, 0.717) is 17.0 Å². The predicted molar refractivity (Wildman–Crippen MR) is 106 cm³/mol. The first-order chi connectivity index (χ1) is 13.0. The highest BCUT2D eigenvalue weighted by Gasteiger charge is 2.12. The van der Waals surface area contributed by atoms with Gasteiger partial charge in [0.05, 0.1) is 11.1 Å². The quantitative estimate of drug-likeness (QED) is 0.602. The lowest BCUT2D eigenvalue weighted by Crippen LogP contribution is -2.16. The summed E-state index contributed by atoms with van der Waals surface area (Å²) >= 11 is 0. The Morgan fingerprint density at radius 2 is 1.89 bits per heavy atom. The molecule has 1 aromatic carbocycles. The molecular formula is C20H20N6O. The third-order valence-corrected chi connectivity index (χ3v) is 4.48. The molecule has 4 rings (SSSR count). The van der Waals surface area contributed by atoms with E-state index in [1.807, 2.05) is 47.0 Å². The minimum Gasteiger partial charge on any atom is -0.340 e. The van der Waals surface area contributed by atoms with Crippen LogP contribution >= 0.6 is 0 Å². The molecule has 0 amide bonds. The zero-order valence-electron chi connectivity index (χ0n) is 15.4. The third-order valence-electron chi connectivity index (χ3n) is 4.48. The van der Waals surface area contributed by atoms with Gasteiger partial charge in [-0.1, -0.05) is 18.2 Å². The summed E-state index contributed by atoms with van der Waals surface area (Å²) in [4.78, 5) is 17.3. The van der Waals surface area contributed by atoms with Crippen LogP contribution in [0.4, 0.5) is 11.5 Å². The molecule has 3 aromatic heterocycles. The minimum absolute atomic E-state index is 0.0497. The van der Waals surface area contributed by atoms with E-state index in [1.54, 1.807) is 24.1 Å². The van der Waals surface area contributed by atoms with Gasteiger partial charge >= 0.3 is 0 Å². The summed E-state index contributed by atoms with van der Waals surface area (Å²) in [5.74, 6) is 1.35. The van der Waals surface area contributed by atoms with Crippen molar-refractivity contribution in [2.45, 2.75) is 19.9 Å². The van der Waals surface area contributed by atoms with Crippen LogP contribution in [0.2, 0.25) is 0 Å². The molecule has 0 spiro atoms. The Hall–Kier alpha value is -3.48. The molecule has 0 atom stereocenters. The summed E-state index contributed by atoms with van der Waals surface area (Å²) < 4.78 is 3.54. The van der Waals surface area contributed by atoms with Gasteiger partial charge in [-0.05, 0) is 43.5 Å². The fourth-order valence-corrected chi connectivity index (χ4v) is 3.06. The number of nitrogens with one attached hydrogen (secondary N) is 1. The Morgan fingerprint density at radius 3 is 2.70 bits per heavy atom. The molecule has 0 aliphatic rings. The van der Waals surface area contributed by atoms with Crippen molar-refractivity contribution in [1.29, 1.82) is 0 Å². The molecule has 27 heavy (non-hydrogen) atoms. The van der Waals surface area contributed by atoms with E-state index in [9.17, 15) is 4.79 Å². The lowest BCUT2D eigenvalue weighted by atomic mass is 10.1. The van der Waals surface area contributed by atoms with Crippen LogP contribution in [-0.4, -0.2) is 24.3 Å². The molecule has 0 fully saturated rings. The van der Waals surface area contributed by atoms with Crippen molar-refractivity contribution in [3.05, 3.63) is 65.3 Å². The molecule has 7 heteroatoms. The molecule has 0 aliphatic carbocycles. The summed E-state index contributed by atoms with van der Waals surface area (Å²) in [6.07, 6.45) is 3.47. The largest absolute Gasteiger partial charge is 0.340 e. The maximum absolute atomic E-state index is 12.6. The van der Waals surface area contributed by atoms with Crippen LogP contribution < -0.4 is 10.9 Å². The number of hydrogen-bond acceptors (Lipinski definition) is 5. The highest BCUT2D eigenvalue weighted by molar-refractivity contribution is 5.94. The third kappa shape index (κ3) is 3.08. The van der Waals surface area contributed by atoms with Crippen LogP contribution in [0.25, 0.3) is 22.3 Å². The van der Waals surface area contributed by atoms with Crippen molar-refractivity contribution < 1.29 is 0 Å². The van der Waals surface area contributed by atoms with E-state index in [-0.39, 0.29) is 11.6 Å². The van der Waals surface area contributed by atoms with Gasteiger partial charge in [0.15, 0.2) is 5.82 Å². The summed E-state index contributed by atoms with van der Waals surface area (Å²) in [6.45, 7) is 4.14. The SMILES string of the molecule is CC(C)n1cnnc1-c1cccc(Nc2cccc3ccn(C)c(=O)c23)n1. The topological polar surface area (TPSA) is 77.6 Å². The van der Waals surface area contributed by atoms with Gasteiger partial charge in [0.1, 0.15) is 17.8 Å². The molecule has 3 heterocycles. The number of fused-ring (bicyclic) bond motifs is 1. The Labute approximate surface area is 156 Å². The van der Waals surface area contributed by atoms with Crippen molar-refractivity contribution in [1.82, 2.24) is 24.3 Å². The first kappa shape index (κ1) is 17.0. The molecular weight excluding hydrogens is 340 g/mol. The fourth-order valence-electron chi connectivity index (χ4n) is 3.06. The second-order valence-electron chi connectivity index (χ2n) is 6.69. The Bertz CT molecular complexity index is 1170. The maximum Gasteiger partial charge on any atom is 0.260 e. The summed E-state index contributed by atoms with van der Waals surface area (Å²) in [5, 5.41) is 13.0. The van der Waals surface area contributed by atoms with E-state index < -0.39 is 0 Å². The number of hydrogen-bond donors (Lipinski definition) is 1. The molecule has 0 saturated carbocycles. The molecule has 7 nitrogen and oxygen atoms in total. The smallest absolute Gasteiger partial charge is 0.260 e. The van der Waals surface area contributed by atoms with E-state index in [4.69, 9.17) is 0 Å². The van der Waals surface area contributed by atoms with Gasteiger partial charge in [-0.15, -0.1) is 10.2 Å². The van der Waals surface area contributed by atoms with Crippen LogP contribution in [0.5, 0.6) is 0 Å². The monoisotopic (exact) mass is 360 g/mol. The normalized spacial score (nSPS) is 11.3. The number of pyridine rings is 2. The molecule has 0 bridgehead atoms. The van der Waals surface area contributed by atoms with Gasteiger partial charge in [0, 0.05) is 19.3 Å². The first-order valence-electron chi connectivity index (χ1n) is 8.77. The zero-order valence-corrected chi connectivity index (χ0v) is 15.4. The van der Waals surface area contributed by atoms with Gasteiger partial charge in [-0.2, -0.15) is 0 Å². The van der Waals surface area contributed by atoms with E-state index in [1.165, 1.54) is 0 Å². The van der Waals surface area contributed by atoms with Gasteiger partial charge in [-0.3, -0.25) is 4.79 Å². The van der Waals surface area contributed by atoms with Gasteiger partial charge in [0.2, 0.25) is 0 Å². The average molecular weight is 360 g/mol. The minimum atomic E-state index is -0.0497. The van der Waals surface area contributed by atoms with E-state index in [0.717, 1.165) is 16.8 Å². The fraction of sp³-hybridized carbons (Fsp3) is 0.200. The van der Waals surface area contributed by atoms with Crippen molar-refractivity contribution in [3.8, 4) is 11.5 Å². The van der Waals surface area contributed by atoms with Crippen LogP contribution in [0.15, 0.2) is 59.8 Å². The highest BCUT2D eigenvalue weighted by atomic mass is 16.1. The van der Waals surface area contributed by atoms with Crippen LogP contribution in [0.3, 0.4) is 0 Å². The summed E-state index contributed by atoms with van der Waals surface area (Å²) in [6, 6.07) is 13.6. The number of anilines is 2. The Kier molecular flexibility index (Phi) is 4.19.